The Morgan fingerprint density at radius 2 is 2.03 bits per heavy atom. The number of aromatic nitrogens is 2. The van der Waals surface area contributed by atoms with Gasteiger partial charge in [0.2, 0.25) is 11.0 Å². The summed E-state index contributed by atoms with van der Waals surface area (Å²) in [6.45, 7) is 4.61. The number of hydrogen-bond acceptors (Lipinski definition) is 5. The van der Waals surface area contributed by atoms with Gasteiger partial charge in [-0.25, -0.2) is 0 Å². The highest BCUT2D eigenvalue weighted by atomic mass is 32.1. The van der Waals surface area contributed by atoms with Crippen molar-refractivity contribution in [1.82, 2.24) is 10.2 Å². The average Bonchev–Trinajstić information content (AvgIpc) is 3.34. The SMILES string of the molecule is CCc1ccccc1N1C[C@H](c2nnc(NC(=O)c3cccc(C)c3)s2)CC1=O. The smallest absolute Gasteiger partial charge is 0.257 e. The Labute approximate surface area is 173 Å². The fourth-order valence-corrected chi connectivity index (χ4v) is 4.41. The van der Waals surface area contributed by atoms with Gasteiger partial charge in [0, 0.05) is 30.1 Å². The summed E-state index contributed by atoms with van der Waals surface area (Å²) in [6, 6.07) is 15.4. The van der Waals surface area contributed by atoms with Crippen molar-refractivity contribution >= 4 is 34.0 Å². The van der Waals surface area contributed by atoms with E-state index in [0.29, 0.717) is 23.7 Å². The van der Waals surface area contributed by atoms with E-state index in [1.54, 1.807) is 6.07 Å². The Balaban J connectivity index is 1.47. The van der Waals surface area contributed by atoms with E-state index in [-0.39, 0.29) is 17.7 Å². The fourth-order valence-electron chi connectivity index (χ4n) is 3.58. The number of hydrogen-bond donors (Lipinski definition) is 1. The third kappa shape index (κ3) is 4.05. The molecule has 148 valence electrons. The van der Waals surface area contributed by atoms with Crippen molar-refractivity contribution < 1.29 is 9.59 Å². The maximum Gasteiger partial charge on any atom is 0.257 e. The van der Waals surface area contributed by atoms with Crippen LogP contribution in [0.4, 0.5) is 10.8 Å². The molecule has 0 aliphatic carbocycles. The number of anilines is 2. The number of para-hydroxylation sites is 1. The molecule has 2 heterocycles. The van der Waals surface area contributed by atoms with Gasteiger partial charge in [-0.05, 0) is 37.1 Å². The van der Waals surface area contributed by atoms with Gasteiger partial charge in [-0.2, -0.15) is 0 Å². The molecule has 2 amide bonds. The Morgan fingerprint density at radius 1 is 1.21 bits per heavy atom. The summed E-state index contributed by atoms with van der Waals surface area (Å²) in [6.07, 6.45) is 1.27. The topological polar surface area (TPSA) is 75.2 Å². The largest absolute Gasteiger partial charge is 0.311 e. The number of benzene rings is 2. The Hall–Kier alpha value is -3.06. The lowest BCUT2D eigenvalue weighted by molar-refractivity contribution is -0.117. The average molecular weight is 407 g/mol. The first-order chi connectivity index (χ1) is 14.0. The summed E-state index contributed by atoms with van der Waals surface area (Å²) in [7, 11) is 0. The molecule has 1 N–H and O–H groups in total. The van der Waals surface area contributed by atoms with Gasteiger partial charge in [-0.15, -0.1) is 10.2 Å². The van der Waals surface area contributed by atoms with Gasteiger partial charge in [0.25, 0.3) is 5.91 Å². The van der Waals surface area contributed by atoms with Crippen LogP contribution in [0.15, 0.2) is 48.5 Å². The van der Waals surface area contributed by atoms with E-state index < -0.39 is 0 Å². The number of rotatable bonds is 5. The lowest BCUT2D eigenvalue weighted by Gasteiger charge is -2.19. The van der Waals surface area contributed by atoms with Crippen molar-refractivity contribution in [3.8, 4) is 0 Å². The highest BCUT2D eigenvalue weighted by Crippen LogP contribution is 2.35. The standard InChI is InChI=1S/C22H22N4O2S/c1-3-15-8-4-5-10-18(15)26-13-17(12-19(26)27)21-24-25-22(29-21)23-20(28)16-9-6-7-14(2)11-16/h4-11,17H,3,12-13H2,1-2H3,(H,23,25,28)/t17-/m1/s1. The van der Waals surface area contributed by atoms with E-state index >= 15 is 0 Å². The minimum Gasteiger partial charge on any atom is -0.311 e. The number of carbonyl (C=O) groups excluding carboxylic acids is 2. The summed E-state index contributed by atoms with van der Waals surface area (Å²) in [5.41, 5.74) is 3.73. The molecule has 0 spiro atoms. The number of nitrogens with zero attached hydrogens (tertiary/aromatic N) is 3. The lowest BCUT2D eigenvalue weighted by atomic mass is 10.1. The first kappa shape index (κ1) is 19.3. The molecule has 1 aromatic heterocycles. The molecule has 1 saturated heterocycles. The van der Waals surface area contributed by atoms with E-state index in [1.165, 1.54) is 11.3 Å². The molecule has 7 heteroatoms. The van der Waals surface area contributed by atoms with E-state index in [9.17, 15) is 9.59 Å². The molecule has 0 saturated carbocycles. The van der Waals surface area contributed by atoms with Crippen LogP contribution in [0.25, 0.3) is 0 Å². The van der Waals surface area contributed by atoms with Crippen molar-refractivity contribution in [1.29, 1.82) is 0 Å². The van der Waals surface area contributed by atoms with E-state index in [4.69, 9.17) is 0 Å². The molecular formula is C22H22N4O2S. The van der Waals surface area contributed by atoms with Crippen LogP contribution in [0.1, 0.15) is 45.8 Å². The Kier molecular flexibility index (Phi) is 5.40. The molecule has 2 aromatic carbocycles. The van der Waals surface area contributed by atoms with Crippen LogP contribution >= 0.6 is 11.3 Å². The Bertz CT molecular complexity index is 1060. The third-order valence-corrected chi connectivity index (χ3v) is 6.08. The van der Waals surface area contributed by atoms with Crippen LogP contribution in [-0.2, 0) is 11.2 Å². The highest BCUT2D eigenvalue weighted by molar-refractivity contribution is 7.15. The second-order valence-corrected chi connectivity index (χ2v) is 8.17. The summed E-state index contributed by atoms with van der Waals surface area (Å²) < 4.78 is 0. The van der Waals surface area contributed by atoms with Gasteiger partial charge in [0.1, 0.15) is 5.01 Å². The molecule has 6 nitrogen and oxygen atoms in total. The van der Waals surface area contributed by atoms with Gasteiger partial charge in [-0.1, -0.05) is 54.2 Å². The zero-order valence-electron chi connectivity index (χ0n) is 16.4. The molecule has 1 aliphatic rings. The number of aryl methyl sites for hydroxylation is 2. The summed E-state index contributed by atoms with van der Waals surface area (Å²) >= 11 is 1.33. The van der Waals surface area contributed by atoms with Gasteiger partial charge in [0.15, 0.2) is 0 Å². The predicted octanol–water partition coefficient (Wildman–Crippen LogP) is 4.18. The van der Waals surface area contributed by atoms with Crippen LogP contribution in [0.5, 0.6) is 0 Å². The maximum absolute atomic E-state index is 12.6. The molecule has 4 rings (SSSR count). The molecule has 29 heavy (non-hydrogen) atoms. The van der Waals surface area contributed by atoms with E-state index in [0.717, 1.165) is 28.2 Å². The monoisotopic (exact) mass is 406 g/mol. The quantitative estimate of drug-likeness (QED) is 0.690. The second-order valence-electron chi connectivity index (χ2n) is 7.16. The van der Waals surface area contributed by atoms with Crippen LogP contribution < -0.4 is 10.2 Å². The Morgan fingerprint density at radius 3 is 2.83 bits per heavy atom. The second kappa shape index (κ2) is 8.13. The number of amides is 2. The highest BCUT2D eigenvalue weighted by Gasteiger charge is 2.34. The summed E-state index contributed by atoms with van der Waals surface area (Å²) in [4.78, 5) is 26.9. The van der Waals surface area contributed by atoms with Gasteiger partial charge in [-0.3, -0.25) is 14.9 Å². The van der Waals surface area contributed by atoms with Crippen molar-refractivity contribution in [3.63, 3.8) is 0 Å². The molecule has 3 aromatic rings. The number of carbonyl (C=O) groups is 2. The van der Waals surface area contributed by atoms with Crippen molar-refractivity contribution in [2.24, 2.45) is 0 Å². The van der Waals surface area contributed by atoms with E-state index in [2.05, 4.69) is 28.5 Å². The zero-order valence-corrected chi connectivity index (χ0v) is 17.2. The molecular weight excluding hydrogens is 384 g/mol. The van der Waals surface area contributed by atoms with Crippen molar-refractivity contribution in [2.45, 2.75) is 32.6 Å². The molecule has 0 bridgehead atoms. The number of nitrogens with one attached hydrogen (secondary N) is 1. The van der Waals surface area contributed by atoms with Crippen LogP contribution in [0.3, 0.4) is 0 Å². The molecule has 1 fully saturated rings. The third-order valence-electron chi connectivity index (χ3n) is 5.08. The fraction of sp³-hybridized carbons (Fsp3) is 0.273. The first-order valence-electron chi connectivity index (χ1n) is 9.65. The van der Waals surface area contributed by atoms with Gasteiger partial charge >= 0.3 is 0 Å². The van der Waals surface area contributed by atoms with Crippen molar-refractivity contribution in [2.75, 3.05) is 16.8 Å². The van der Waals surface area contributed by atoms with Crippen LogP contribution in [0.2, 0.25) is 0 Å². The first-order valence-corrected chi connectivity index (χ1v) is 10.5. The normalized spacial score (nSPS) is 16.3. The van der Waals surface area contributed by atoms with Gasteiger partial charge in [0.05, 0.1) is 0 Å². The summed E-state index contributed by atoms with van der Waals surface area (Å²) in [5, 5.41) is 12.4. The zero-order chi connectivity index (χ0) is 20.4. The molecule has 0 radical (unpaired) electrons. The lowest BCUT2D eigenvalue weighted by Crippen LogP contribution is -2.25. The molecule has 1 atom stereocenters. The predicted molar refractivity (Wildman–Crippen MR) is 115 cm³/mol. The maximum atomic E-state index is 12.6. The van der Waals surface area contributed by atoms with Crippen LogP contribution in [-0.4, -0.2) is 28.6 Å². The minimum absolute atomic E-state index is 0.0189. The van der Waals surface area contributed by atoms with E-state index in [1.807, 2.05) is 48.2 Å². The molecule has 1 aliphatic heterocycles. The summed E-state index contributed by atoms with van der Waals surface area (Å²) in [5.74, 6) is -0.136. The van der Waals surface area contributed by atoms with Crippen LogP contribution in [0, 0.1) is 6.92 Å². The van der Waals surface area contributed by atoms with Gasteiger partial charge < -0.3 is 4.90 Å². The minimum atomic E-state index is -0.211. The van der Waals surface area contributed by atoms with Crippen molar-refractivity contribution in [3.05, 3.63) is 70.2 Å². The molecule has 0 unspecified atom stereocenters.